The minimum atomic E-state index is -4.23. The summed E-state index contributed by atoms with van der Waals surface area (Å²) < 4.78 is 17.9. The molecule has 11 heteroatoms. The van der Waals surface area contributed by atoms with E-state index in [9.17, 15) is 0 Å². The Labute approximate surface area is 572 Å². The molecule has 0 aliphatic heterocycles. The summed E-state index contributed by atoms with van der Waals surface area (Å²) in [4.78, 5) is 29.8. The highest BCUT2D eigenvalue weighted by atomic mass is 31.2. The number of anilines is 18. The second kappa shape index (κ2) is 28.4. The molecule has 0 spiro atoms. The normalized spacial score (nSPS) is 11.1. The zero-order valence-corrected chi connectivity index (χ0v) is 54.4. The van der Waals surface area contributed by atoms with Gasteiger partial charge in [0.15, 0.2) is 0 Å². The first-order valence-electron chi connectivity index (χ1n) is 32.6. The van der Waals surface area contributed by atoms with Crippen molar-refractivity contribution in [2.45, 2.75) is 0 Å². The smallest absolute Gasteiger partial charge is 0.223 e. The molecule has 0 amide bonds. The van der Waals surface area contributed by atoms with Crippen LogP contribution < -0.4 is 45.7 Å². The van der Waals surface area contributed by atoms with Crippen LogP contribution in [0.2, 0.25) is 0 Å². The van der Waals surface area contributed by atoms with E-state index < -0.39 is 7.14 Å². The summed E-state index contributed by atoms with van der Waals surface area (Å²) in [6.07, 6.45) is 0. The Balaban J connectivity index is 0.879. The number of nitrogens with zero attached hydrogens (tertiary/aromatic N) is 9. The Morgan fingerprint density at radius 1 is 0.153 bits per heavy atom. The molecule has 3 heterocycles. The zero-order chi connectivity index (χ0) is 65.9. The molecule has 12 aromatic carbocycles. The van der Waals surface area contributed by atoms with E-state index in [2.05, 4.69) is 284 Å². The first-order chi connectivity index (χ1) is 48.5. The molecule has 0 saturated carbocycles. The summed E-state index contributed by atoms with van der Waals surface area (Å²) in [6.45, 7) is 0. The highest BCUT2D eigenvalue weighted by Gasteiger charge is 2.37. The quantitative estimate of drug-likeness (QED) is 0.0650. The van der Waals surface area contributed by atoms with Crippen molar-refractivity contribution in [3.63, 3.8) is 0 Å². The summed E-state index contributed by atoms with van der Waals surface area (Å²) in [6, 6.07) is 136. The highest BCUT2D eigenvalue weighted by molar-refractivity contribution is 7.84. The maximum absolute atomic E-state index is 17.9. The average Bonchev–Trinajstić information content (AvgIpc) is 0.749. The van der Waals surface area contributed by atoms with Crippen LogP contribution in [0.25, 0.3) is 0 Å². The van der Waals surface area contributed by atoms with Gasteiger partial charge in [-0.25, -0.2) is 15.0 Å². The van der Waals surface area contributed by atoms with Crippen LogP contribution in [0, 0.1) is 0 Å². The molecule has 0 bridgehead atoms. The van der Waals surface area contributed by atoms with Gasteiger partial charge in [-0.2, -0.15) is 0 Å². The number of hydrogen-bond donors (Lipinski definition) is 0. The molecule has 15 aromatic rings. The lowest BCUT2D eigenvalue weighted by Gasteiger charge is -2.29. The molecule has 98 heavy (non-hydrogen) atoms. The standard InChI is InChI=1S/C87H66N9OP/c97-98(85-52-28-49-82(88-85)94(73-43-22-7-23-44-73)79-61-55-76(56-62-79)91(67-31-10-1-11-32-67)68-33-12-2-13-34-68,86-53-29-50-83(89-86)95(74-45-24-8-25-46-74)80-63-57-77(58-64-80)92(69-35-14-3-15-36-69)70-37-16-4-17-38-70)87-54-30-51-84(90-87)96(75-47-26-9-27-48-75)81-65-59-78(60-66-81)93(71-39-18-5-19-40-71)72-41-20-6-21-42-72/h1-66H. The molecule has 0 atom stereocenters. The zero-order valence-electron chi connectivity index (χ0n) is 53.5. The molecular weight excluding hydrogens is 1220 g/mol. The minimum absolute atomic E-state index is 0.302. The maximum atomic E-state index is 17.9. The van der Waals surface area contributed by atoms with Gasteiger partial charge in [0.25, 0.3) is 0 Å². The van der Waals surface area contributed by atoms with Gasteiger partial charge in [0.05, 0.1) is 0 Å². The van der Waals surface area contributed by atoms with Gasteiger partial charge in [-0.05, 0) is 218 Å². The van der Waals surface area contributed by atoms with Gasteiger partial charge in [0.2, 0.25) is 7.14 Å². The van der Waals surface area contributed by atoms with Gasteiger partial charge in [0.1, 0.15) is 33.8 Å². The molecule has 0 saturated heterocycles. The van der Waals surface area contributed by atoms with Crippen LogP contribution in [0.5, 0.6) is 0 Å². The molecule has 470 valence electrons. The molecule has 15 rings (SSSR count). The summed E-state index contributed by atoms with van der Waals surface area (Å²) in [5.74, 6) is 1.65. The van der Waals surface area contributed by atoms with Crippen molar-refractivity contribution >= 4 is 126 Å². The predicted molar refractivity (Wildman–Crippen MR) is 407 cm³/mol. The van der Waals surface area contributed by atoms with E-state index in [1.165, 1.54) is 0 Å². The van der Waals surface area contributed by atoms with Crippen LogP contribution in [-0.2, 0) is 4.57 Å². The van der Waals surface area contributed by atoms with Gasteiger partial charge in [0, 0.05) is 85.3 Å². The molecule has 10 nitrogen and oxygen atoms in total. The van der Waals surface area contributed by atoms with Crippen molar-refractivity contribution in [2.24, 2.45) is 0 Å². The van der Waals surface area contributed by atoms with E-state index in [4.69, 9.17) is 15.0 Å². The number of benzene rings is 12. The van der Waals surface area contributed by atoms with Crippen LogP contribution in [0.1, 0.15) is 0 Å². The van der Waals surface area contributed by atoms with Crippen molar-refractivity contribution in [1.29, 1.82) is 0 Å². The Kier molecular flexibility index (Phi) is 17.7. The monoisotopic (exact) mass is 1280 g/mol. The largest absolute Gasteiger partial charge is 0.311 e. The Morgan fingerprint density at radius 3 is 0.469 bits per heavy atom. The van der Waals surface area contributed by atoms with Gasteiger partial charge >= 0.3 is 0 Å². The first-order valence-corrected chi connectivity index (χ1v) is 34.3. The molecule has 0 fully saturated rings. The average molecular weight is 1280 g/mol. The molecule has 0 aliphatic carbocycles. The van der Waals surface area contributed by atoms with E-state index in [0.717, 1.165) is 85.3 Å². The number of hydrogen-bond acceptors (Lipinski definition) is 10. The van der Waals surface area contributed by atoms with Crippen LogP contribution >= 0.6 is 7.14 Å². The van der Waals surface area contributed by atoms with Gasteiger partial charge < -0.3 is 19.3 Å². The number of para-hydroxylation sites is 9. The Bertz CT molecular complexity index is 4480. The van der Waals surface area contributed by atoms with E-state index >= 15 is 4.57 Å². The molecule has 3 aromatic heterocycles. The number of aromatic nitrogens is 3. The second-order valence-corrected chi connectivity index (χ2v) is 25.8. The molecule has 0 unspecified atom stereocenters. The van der Waals surface area contributed by atoms with E-state index in [0.29, 0.717) is 33.8 Å². The summed E-state index contributed by atoms with van der Waals surface area (Å²) in [7, 11) is -4.23. The lowest BCUT2D eigenvalue weighted by atomic mass is 10.1. The van der Waals surface area contributed by atoms with Crippen molar-refractivity contribution < 1.29 is 4.57 Å². The van der Waals surface area contributed by atoms with E-state index in [1.54, 1.807) is 0 Å². The summed E-state index contributed by atoms with van der Waals surface area (Å²) in [5, 5.41) is 0. The van der Waals surface area contributed by atoms with E-state index in [1.807, 2.05) is 146 Å². The third kappa shape index (κ3) is 12.8. The Hall–Kier alpha value is -12.9. The maximum Gasteiger partial charge on any atom is 0.223 e. The van der Waals surface area contributed by atoms with Crippen molar-refractivity contribution in [1.82, 2.24) is 15.0 Å². The number of pyridine rings is 3. The first kappa shape index (κ1) is 61.3. The lowest BCUT2D eigenvalue weighted by molar-refractivity contribution is 0.591. The van der Waals surface area contributed by atoms with Crippen molar-refractivity contribution in [3.8, 4) is 0 Å². The summed E-state index contributed by atoms with van der Waals surface area (Å²) >= 11 is 0. The van der Waals surface area contributed by atoms with Crippen molar-refractivity contribution in [3.05, 3.63) is 400 Å². The molecule has 0 N–H and O–H groups in total. The predicted octanol–water partition coefficient (Wildman–Crippen LogP) is 22.3. The SMILES string of the molecule is O=P(c1cccc(N(c2ccccc2)c2ccc(N(c3ccccc3)c3ccccc3)cc2)n1)(c1cccc(N(c2ccccc2)c2ccc(N(c3ccccc3)c3ccccc3)cc2)n1)c1cccc(N(c2ccccc2)c2ccc(N(c3ccccc3)c3ccccc3)cc2)n1. The van der Waals surface area contributed by atoms with Crippen molar-refractivity contribution in [2.75, 3.05) is 29.4 Å². The molecule has 0 radical (unpaired) electrons. The van der Waals surface area contributed by atoms with Crippen LogP contribution in [0.4, 0.5) is 103 Å². The fourth-order valence-corrected chi connectivity index (χ4v) is 14.8. The van der Waals surface area contributed by atoms with Gasteiger partial charge in [-0.1, -0.05) is 182 Å². The molecular formula is C87H66N9OP. The topological polar surface area (TPSA) is 75.2 Å². The van der Waals surface area contributed by atoms with Gasteiger partial charge in [-0.15, -0.1) is 0 Å². The molecule has 0 aliphatic rings. The van der Waals surface area contributed by atoms with Crippen LogP contribution in [0.15, 0.2) is 400 Å². The van der Waals surface area contributed by atoms with E-state index in [-0.39, 0.29) is 0 Å². The lowest BCUT2D eigenvalue weighted by Crippen LogP contribution is -2.32. The fraction of sp³-hybridized carbons (Fsp3) is 0. The van der Waals surface area contributed by atoms with Crippen LogP contribution in [0.3, 0.4) is 0 Å². The third-order valence-electron chi connectivity index (χ3n) is 17.0. The highest BCUT2D eigenvalue weighted by Crippen LogP contribution is 2.47. The third-order valence-corrected chi connectivity index (χ3v) is 19.7. The summed E-state index contributed by atoms with van der Waals surface area (Å²) in [5.41, 5.74) is 15.2. The Morgan fingerprint density at radius 2 is 0.296 bits per heavy atom. The van der Waals surface area contributed by atoms with Gasteiger partial charge in [-0.3, -0.25) is 14.7 Å². The fourth-order valence-electron chi connectivity index (χ4n) is 12.5. The van der Waals surface area contributed by atoms with Crippen LogP contribution in [-0.4, -0.2) is 15.0 Å². The minimum Gasteiger partial charge on any atom is -0.311 e. The second-order valence-electron chi connectivity index (χ2n) is 23.3. The number of rotatable bonds is 21.